The third-order valence-corrected chi connectivity index (χ3v) is 1.45. The van der Waals surface area contributed by atoms with Gasteiger partial charge in [0.05, 0.1) is 24.7 Å². The van der Waals surface area contributed by atoms with Crippen LogP contribution in [0.1, 0.15) is 6.92 Å². The van der Waals surface area contributed by atoms with E-state index in [4.69, 9.17) is 0 Å². The van der Waals surface area contributed by atoms with Crippen molar-refractivity contribution >= 4 is 11.7 Å². The molecule has 0 atom stereocenters. The molecule has 76 valence electrons. The molecule has 0 unspecified atom stereocenters. The van der Waals surface area contributed by atoms with E-state index in [0.717, 1.165) is 6.20 Å². The van der Waals surface area contributed by atoms with Gasteiger partial charge in [0.2, 0.25) is 0 Å². The fourth-order valence-corrected chi connectivity index (χ4v) is 0.895. The maximum Gasteiger partial charge on any atom is 0.325 e. The second-order valence-electron chi connectivity index (χ2n) is 2.55. The van der Waals surface area contributed by atoms with E-state index in [9.17, 15) is 9.18 Å². The molecule has 0 fully saturated rings. The number of nitrogens with zero attached hydrogens (tertiary/aromatic N) is 1. The van der Waals surface area contributed by atoms with Gasteiger partial charge in [-0.1, -0.05) is 0 Å². The molecule has 14 heavy (non-hydrogen) atoms. The molecule has 5 heteroatoms. The predicted octanol–water partition coefficient (Wildman–Crippen LogP) is 1.20. The van der Waals surface area contributed by atoms with Crippen molar-refractivity contribution in [1.29, 1.82) is 0 Å². The summed E-state index contributed by atoms with van der Waals surface area (Å²) in [5.41, 5.74) is 0.457. The zero-order valence-electron chi connectivity index (χ0n) is 7.79. The highest BCUT2D eigenvalue weighted by Gasteiger charge is 2.01. The lowest BCUT2D eigenvalue weighted by molar-refractivity contribution is -0.140. The van der Waals surface area contributed by atoms with E-state index in [2.05, 4.69) is 15.0 Å². The minimum absolute atomic E-state index is 0.0129. The van der Waals surface area contributed by atoms with Crippen LogP contribution in [0.25, 0.3) is 0 Å². The number of nitrogens with one attached hydrogen (secondary N) is 1. The lowest BCUT2D eigenvalue weighted by atomic mass is 10.4. The van der Waals surface area contributed by atoms with Crippen LogP contribution in [-0.4, -0.2) is 24.1 Å². The van der Waals surface area contributed by atoms with Crippen molar-refractivity contribution in [3.63, 3.8) is 0 Å². The average Bonchev–Trinajstić information content (AvgIpc) is 2.15. The molecule has 0 radical (unpaired) electrons. The summed E-state index contributed by atoms with van der Waals surface area (Å²) < 4.78 is 17.3. The van der Waals surface area contributed by atoms with Crippen LogP contribution in [0.15, 0.2) is 18.5 Å². The molecule has 1 aromatic rings. The highest BCUT2D eigenvalue weighted by Crippen LogP contribution is 2.05. The molecule has 1 rings (SSSR count). The first-order valence-corrected chi connectivity index (χ1v) is 4.22. The Balaban J connectivity index is 2.41. The van der Waals surface area contributed by atoms with Crippen LogP contribution in [0.3, 0.4) is 0 Å². The Labute approximate surface area is 81.1 Å². The van der Waals surface area contributed by atoms with E-state index >= 15 is 0 Å². The van der Waals surface area contributed by atoms with E-state index < -0.39 is 5.82 Å². The van der Waals surface area contributed by atoms with E-state index in [1.54, 1.807) is 6.92 Å². The van der Waals surface area contributed by atoms with Crippen molar-refractivity contribution in [2.24, 2.45) is 0 Å². The Morgan fingerprint density at radius 3 is 3.07 bits per heavy atom. The maximum absolute atomic E-state index is 12.6. The van der Waals surface area contributed by atoms with Crippen LogP contribution in [0, 0.1) is 5.82 Å². The molecule has 1 N–H and O–H groups in total. The highest BCUT2D eigenvalue weighted by molar-refractivity contribution is 5.74. The van der Waals surface area contributed by atoms with Gasteiger partial charge in [0, 0.05) is 6.07 Å². The number of halogens is 1. The second-order valence-corrected chi connectivity index (χ2v) is 2.55. The fraction of sp³-hybridized carbons (Fsp3) is 0.333. The van der Waals surface area contributed by atoms with Crippen LogP contribution < -0.4 is 5.32 Å². The minimum Gasteiger partial charge on any atom is -0.465 e. The lowest BCUT2D eigenvalue weighted by Crippen LogP contribution is -2.16. The number of hydrogen-bond donors (Lipinski definition) is 1. The van der Waals surface area contributed by atoms with E-state index in [1.165, 1.54) is 12.3 Å². The van der Waals surface area contributed by atoms with Gasteiger partial charge in [-0.15, -0.1) is 0 Å². The molecule has 1 aromatic heterocycles. The monoisotopic (exact) mass is 198 g/mol. The topological polar surface area (TPSA) is 51.2 Å². The van der Waals surface area contributed by atoms with Gasteiger partial charge >= 0.3 is 5.97 Å². The zero-order chi connectivity index (χ0) is 10.4. The Bertz CT molecular complexity index is 317. The predicted molar refractivity (Wildman–Crippen MR) is 49.3 cm³/mol. The van der Waals surface area contributed by atoms with Crippen molar-refractivity contribution < 1.29 is 13.9 Å². The van der Waals surface area contributed by atoms with Crippen LogP contribution in [-0.2, 0) is 9.53 Å². The van der Waals surface area contributed by atoms with E-state index in [1.807, 2.05) is 0 Å². The van der Waals surface area contributed by atoms with Gasteiger partial charge in [-0.2, -0.15) is 0 Å². The number of esters is 1. The highest BCUT2D eigenvalue weighted by atomic mass is 19.1. The third-order valence-electron chi connectivity index (χ3n) is 1.45. The Kier molecular flexibility index (Phi) is 3.84. The van der Waals surface area contributed by atoms with Gasteiger partial charge in [0.25, 0.3) is 0 Å². The number of rotatable bonds is 4. The van der Waals surface area contributed by atoms with Gasteiger partial charge in [-0.25, -0.2) is 4.39 Å². The second kappa shape index (κ2) is 5.16. The van der Waals surface area contributed by atoms with Crippen LogP contribution in [0.5, 0.6) is 0 Å². The standard InChI is InChI=1S/C9H11FN2O2/c1-2-14-9(13)6-12-8-3-7(10)4-11-5-8/h3-5,12H,2,6H2,1H3. The number of carbonyl (C=O) groups is 1. The van der Waals surface area contributed by atoms with Gasteiger partial charge < -0.3 is 10.1 Å². The maximum atomic E-state index is 12.6. The number of anilines is 1. The first kappa shape index (κ1) is 10.4. The largest absolute Gasteiger partial charge is 0.465 e. The number of ether oxygens (including phenoxy) is 1. The number of pyridine rings is 1. The molecule has 0 aromatic carbocycles. The van der Waals surface area contributed by atoms with Crippen LogP contribution >= 0.6 is 0 Å². The van der Waals surface area contributed by atoms with Crippen molar-refractivity contribution in [2.75, 3.05) is 18.5 Å². The fourth-order valence-electron chi connectivity index (χ4n) is 0.895. The molecule has 0 saturated heterocycles. The van der Waals surface area contributed by atoms with Crippen molar-refractivity contribution in [1.82, 2.24) is 4.98 Å². The summed E-state index contributed by atoms with van der Waals surface area (Å²) in [7, 11) is 0. The first-order valence-electron chi connectivity index (χ1n) is 4.22. The van der Waals surface area contributed by atoms with Crippen LogP contribution in [0.2, 0.25) is 0 Å². The van der Waals surface area contributed by atoms with Crippen molar-refractivity contribution in [3.05, 3.63) is 24.3 Å². The summed E-state index contributed by atoms with van der Waals surface area (Å²) in [4.78, 5) is 14.5. The molecule has 0 amide bonds. The normalized spacial score (nSPS) is 9.57. The SMILES string of the molecule is CCOC(=O)CNc1cncc(F)c1. The zero-order valence-corrected chi connectivity index (χ0v) is 7.79. The third kappa shape index (κ3) is 3.38. The van der Waals surface area contributed by atoms with Gasteiger partial charge in [0.15, 0.2) is 0 Å². The average molecular weight is 198 g/mol. The molecule has 0 aliphatic carbocycles. The summed E-state index contributed by atoms with van der Waals surface area (Å²) in [5, 5.41) is 2.69. The smallest absolute Gasteiger partial charge is 0.325 e. The molecule has 0 bridgehead atoms. The minimum atomic E-state index is -0.446. The summed E-state index contributed by atoms with van der Waals surface area (Å²) in [6.07, 6.45) is 2.53. The number of carbonyl (C=O) groups excluding carboxylic acids is 1. The Morgan fingerprint density at radius 1 is 1.64 bits per heavy atom. The lowest BCUT2D eigenvalue weighted by Gasteiger charge is -2.04. The van der Waals surface area contributed by atoms with Crippen molar-refractivity contribution in [3.8, 4) is 0 Å². The summed E-state index contributed by atoms with van der Waals surface area (Å²) in [5.74, 6) is -0.823. The molecule has 1 heterocycles. The Hall–Kier alpha value is -1.65. The van der Waals surface area contributed by atoms with Gasteiger partial charge in [0.1, 0.15) is 12.4 Å². The van der Waals surface area contributed by atoms with Crippen molar-refractivity contribution in [2.45, 2.75) is 6.92 Å². The van der Waals surface area contributed by atoms with E-state index in [-0.39, 0.29) is 12.5 Å². The molecule has 0 aliphatic rings. The molecule has 0 spiro atoms. The van der Waals surface area contributed by atoms with Crippen LogP contribution in [0.4, 0.5) is 10.1 Å². The molecule has 0 saturated carbocycles. The summed E-state index contributed by atoms with van der Waals surface area (Å²) >= 11 is 0. The quantitative estimate of drug-likeness (QED) is 0.738. The number of aromatic nitrogens is 1. The molecular formula is C9H11FN2O2. The molecule has 4 nitrogen and oxygen atoms in total. The van der Waals surface area contributed by atoms with E-state index in [0.29, 0.717) is 12.3 Å². The summed E-state index contributed by atoms with van der Waals surface area (Å²) in [6.45, 7) is 2.07. The molecule has 0 aliphatic heterocycles. The summed E-state index contributed by atoms with van der Waals surface area (Å²) in [6, 6.07) is 1.26. The molecular weight excluding hydrogens is 187 g/mol. The van der Waals surface area contributed by atoms with Gasteiger partial charge in [-0.3, -0.25) is 9.78 Å². The first-order chi connectivity index (χ1) is 6.72. The Morgan fingerprint density at radius 2 is 2.43 bits per heavy atom. The number of hydrogen-bond acceptors (Lipinski definition) is 4. The van der Waals surface area contributed by atoms with Gasteiger partial charge in [-0.05, 0) is 6.92 Å².